The van der Waals surface area contributed by atoms with Gasteiger partial charge in [-0.2, -0.15) is 0 Å². The van der Waals surface area contributed by atoms with Gasteiger partial charge in [0.05, 0.1) is 0 Å². The van der Waals surface area contributed by atoms with Crippen LogP contribution in [0.5, 0.6) is 0 Å². The summed E-state index contributed by atoms with van der Waals surface area (Å²) in [5, 5.41) is 2.60. The number of hydrogen-bond donors (Lipinski definition) is 0. The number of benzene rings is 2. The molecule has 0 fully saturated rings. The molecule has 2 aromatic carbocycles. The normalized spacial score (nSPS) is 10.7. The van der Waals surface area contributed by atoms with Crippen molar-refractivity contribution in [2.45, 2.75) is 13.8 Å². The van der Waals surface area contributed by atoms with Gasteiger partial charge >= 0.3 is 0 Å². The summed E-state index contributed by atoms with van der Waals surface area (Å²) in [4.78, 5) is 0. The zero-order chi connectivity index (χ0) is 9.42. The van der Waals surface area contributed by atoms with Crippen LogP contribution in [0.2, 0.25) is 0 Å². The monoisotopic (exact) mass is 169 g/mol. The van der Waals surface area contributed by atoms with Crippen LogP contribution < -0.4 is 0 Å². The van der Waals surface area contributed by atoms with Crippen molar-refractivity contribution in [3.8, 4) is 0 Å². The number of aryl methyl sites for hydroxylation is 2. The van der Waals surface area contributed by atoms with Crippen molar-refractivity contribution >= 4 is 10.8 Å². The van der Waals surface area contributed by atoms with E-state index in [0.717, 1.165) is 5.56 Å². The molecule has 0 saturated heterocycles. The standard InChI is InChI=1S/C13H13/c1-9-8-10(2)12-6-4-5-7-13(12)11(9)3/h4-8H,3H2,1-2H3. The van der Waals surface area contributed by atoms with Crippen LogP contribution >= 0.6 is 0 Å². The van der Waals surface area contributed by atoms with Gasteiger partial charge in [0.15, 0.2) is 0 Å². The van der Waals surface area contributed by atoms with E-state index in [-0.39, 0.29) is 0 Å². The predicted molar refractivity (Wildman–Crippen MR) is 57.9 cm³/mol. The lowest BCUT2D eigenvalue weighted by molar-refractivity contribution is 1.40. The number of hydrogen-bond acceptors (Lipinski definition) is 0. The van der Waals surface area contributed by atoms with E-state index in [1.54, 1.807) is 0 Å². The van der Waals surface area contributed by atoms with Crippen molar-refractivity contribution in [3.63, 3.8) is 0 Å². The van der Waals surface area contributed by atoms with Gasteiger partial charge < -0.3 is 0 Å². The molecular weight excluding hydrogens is 156 g/mol. The molecule has 0 aliphatic carbocycles. The molecule has 1 radical (unpaired) electrons. The summed E-state index contributed by atoms with van der Waals surface area (Å²) in [5.41, 5.74) is 3.76. The zero-order valence-corrected chi connectivity index (χ0v) is 8.09. The average molecular weight is 169 g/mol. The van der Waals surface area contributed by atoms with E-state index < -0.39 is 0 Å². The van der Waals surface area contributed by atoms with Crippen molar-refractivity contribution in [2.75, 3.05) is 0 Å². The molecule has 0 aromatic heterocycles. The van der Waals surface area contributed by atoms with Gasteiger partial charge in [-0.15, -0.1) is 0 Å². The van der Waals surface area contributed by atoms with Crippen LogP contribution in [0.25, 0.3) is 10.8 Å². The first-order valence-corrected chi connectivity index (χ1v) is 4.51. The van der Waals surface area contributed by atoms with Crippen LogP contribution in [-0.2, 0) is 0 Å². The third-order valence-electron chi connectivity index (χ3n) is 2.59. The molecule has 0 atom stereocenters. The molecule has 0 unspecified atom stereocenters. The van der Waals surface area contributed by atoms with E-state index >= 15 is 0 Å². The van der Waals surface area contributed by atoms with E-state index in [4.69, 9.17) is 0 Å². The Labute approximate surface area is 79.2 Å². The van der Waals surface area contributed by atoms with Gasteiger partial charge in [-0.3, -0.25) is 0 Å². The van der Waals surface area contributed by atoms with Crippen LogP contribution in [0.4, 0.5) is 0 Å². The molecule has 13 heavy (non-hydrogen) atoms. The molecule has 0 aliphatic rings. The van der Waals surface area contributed by atoms with Gasteiger partial charge in [0.2, 0.25) is 0 Å². The minimum absolute atomic E-state index is 1.15. The Balaban J connectivity index is 2.97. The summed E-state index contributed by atoms with van der Waals surface area (Å²) in [5.74, 6) is 0. The maximum absolute atomic E-state index is 4.09. The summed E-state index contributed by atoms with van der Waals surface area (Å²) in [7, 11) is 0. The van der Waals surface area contributed by atoms with E-state index in [1.165, 1.54) is 21.9 Å². The van der Waals surface area contributed by atoms with Crippen molar-refractivity contribution in [1.82, 2.24) is 0 Å². The third kappa shape index (κ3) is 1.23. The van der Waals surface area contributed by atoms with Crippen LogP contribution in [0.15, 0.2) is 30.3 Å². The molecule has 0 amide bonds. The van der Waals surface area contributed by atoms with Crippen LogP contribution in [0, 0.1) is 20.8 Å². The molecule has 0 nitrogen and oxygen atoms in total. The Kier molecular flexibility index (Phi) is 1.84. The first-order valence-electron chi connectivity index (χ1n) is 4.51. The van der Waals surface area contributed by atoms with E-state index in [0.29, 0.717) is 0 Å². The first kappa shape index (κ1) is 8.31. The van der Waals surface area contributed by atoms with E-state index in [1.807, 2.05) is 0 Å². The Bertz CT molecular complexity index is 453. The molecule has 2 aromatic rings. The lowest BCUT2D eigenvalue weighted by atomic mass is 9.97. The molecule has 0 spiro atoms. The smallest absolute Gasteiger partial charge is 0.0146 e. The van der Waals surface area contributed by atoms with Crippen LogP contribution in [-0.4, -0.2) is 0 Å². The third-order valence-corrected chi connectivity index (χ3v) is 2.59. The minimum atomic E-state index is 1.15. The fourth-order valence-electron chi connectivity index (χ4n) is 1.79. The quantitative estimate of drug-likeness (QED) is 0.565. The van der Waals surface area contributed by atoms with E-state index in [2.05, 4.69) is 51.1 Å². The van der Waals surface area contributed by atoms with Crippen molar-refractivity contribution in [1.29, 1.82) is 0 Å². The van der Waals surface area contributed by atoms with Crippen molar-refractivity contribution in [2.24, 2.45) is 0 Å². The molecule has 0 N–H and O–H groups in total. The lowest BCUT2D eigenvalue weighted by Crippen LogP contribution is -1.86. The van der Waals surface area contributed by atoms with Gasteiger partial charge in [-0.25, -0.2) is 0 Å². The first-order chi connectivity index (χ1) is 6.20. The second-order valence-corrected chi connectivity index (χ2v) is 3.53. The highest BCUT2D eigenvalue weighted by Crippen LogP contribution is 2.24. The summed E-state index contributed by atoms with van der Waals surface area (Å²) in [6.07, 6.45) is 0. The maximum atomic E-state index is 4.09. The minimum Gasteiger partial charge on any atom is -0.0616 e. The highest BCUT2D eigenvalue weighted by Gasteiger charge is 2.01. The van der Waals surface area contributed by atoms with Gasteiger partial charge in [0.1, 0.15) is 0 Å². The van der Waals surface area contributed by atoms with Crippen LogP contribution in [0.1, 0.15) is 16.7 Å². The predicted octanol–water partition coefficient (Wildman–Crippen LogP) is 3.64. The highest BCUT2D eigenvalue weighted by atomic mass is 14.1. The molecule has 65 valence electrons. The second kappa shape index (κ2) is 2.88. The highest BCUT2D eigenvalue weighted by molar-refractivity contribution is 5.90. The average Bonchev–Trinajstić information content (AvgIpc) is 2.15. The molecule has 0 heterocycles. The maximum Gasteiger partial charge on any atom is -0.0146 e. The summed E-state index contributed by atoms with van der Waals surface area (Å²) in [6.45, 7) is 8.35. The molecule has 0 saturated carbocycles. The number of rotatable bonds is 0. The molecule has 0 heteroatoms. The molecular formula is C13H13. The topological polar surface area (TPSA) is 0 Å². The fraction of sp³-hybridized carbons (Fsp3) is 0.154. The Hall–Kier alpha value is -1.30. The Morgan fingerprint density at radius 3 is 2.23 bits per heavy atom. The van der Waals surface area contributed by atoms with Gasteiger partial charge in [-0.1, -0.05) is 30.3 Å². The molecule has 0 bridgehead atoms. The SMILES string of the molecule is [CH2]c1c(C)cc(C)c2ccccc12. The Morgan fingerprint density at radius 1 is 0.923 bits per heavy atom. The summed E-state index contributed by atoms with van der Waals surface area (Å²) >= 11 is 0. The number of fused-ring (bicyclic) bond motifs is 1. The van der Waals surface area contributed by atoms with Crippen LogP contribution in [0.3, 0.4) is 0 Å². The van der Waals surface area contributed by atoms with Gasteiger partial charge in [0, 0.05) is 0 Å². The van der Waals surface area contributed by atoms with Crippen molar-refractivity contribution in [3.05, 3.63) is 53.9 Å². The van der Waals surface area contributed by atoms with E-state index in [9.17, 15) is 0 Å². The summed E-state index contributed by atoms with van der Waals surface area (Å²) in [6, 6.07) is 10.6. The largest absolute Gasteiger partial charge is 0.0616 e. The Morgan fingerprint density at radius 2 is 1.54 bits per heavy atom. The van der Waals surface area contributed by atoms with Gasteiger partial charge in [-0.05, 0) is 48.2 Å². The lowest BCUT2D eigenvalue weighted by Gasteiger charge is -2.08. The zero-order valence-electron chi connectivity index (χ0n) is 8.09. The van der Waals surface area contributed by atoms with Gasteiger partial charge in [0.25, 0.3) is 0 Å². The van der Waals surface area contributed by atoms with Crippen molar-refractivity contribution < 1.29 is 0 Å². The molecule has 0 aliphatic heterocycles. The summed E-state index contributed by atoms with van der Waals surface area (Å²) < 4.78 is 0. The molecule has 2 rings (SSSR count). The fourth-order valence-corrected chi connectivity index (χ4v) is 1.79. The second-order valence-electron chi connectivity index (χ2n) is 3.53.